The van der Waals surface area contributed by atoms with E-state index in [-0.39, 0.29) is 11.9 Å². The number of hydrogen-bond donors (Lipinski definition) is 1. The molecule has 0 aromatic rings. The lowest BCUT2D eigenvalue weighted by Crippen LogP contribution is -2.56. The fraction of sp³-hybridized carbons (Fsp3) is 0.846. The number of carboxylic acid groups (broad SMARTS) is 1. The van der Waals surface area contributed by atoms with Crippen molar-refractivity contribution in [1.29, 1.82) is 0 Å². The summed E-state index contributed by atoms with van der Waals surface area (Å²) >= 11 is 0. The Labute approximate surface area is 109 Å². The van der Waals surface area contributed by atoms with E-state index in [1.165, 1.54) is 0 Å². The topological polar surface area (TPSA) is 72.5 Å². The number of piperidine rings is 1. The third-order valence-electron chi connectivity index (χ3n) is 3.36. The molecule has 1 aliphatic rings. The molecule has 1 saturated heterocycles. The van der Waals surface area contributed by atoms with Crippen LogP contribution in [0.25, 0.3) is 0 Å². The Bertz CT molecular complexity index is 307. The second-order valence-electron chi connectivity index (χ2n) is 5.84. The second kappa shape index (κ2) is 6.07. The summed E-state index contributed by atoms with van der Waals surface area (Å²) < 4.78 is 0. The van der Waals surface area contributed by atoms with Gasteiger partial charge in [-0.3, -0.25) is 0 Å². The number of hydrogen-bond acceptors (Lipinski definition) is 3. The number of likely N-dealkylation sites (tertiary alicyclic amines) is 1. The van der Waals surface area contributed by atoms with Gasteiger partial charge in [0.15, 0.2) is 0 Å². The van der Waals surface area contributed by atoms with Crippen molar-refractivity contribution < 1.29 is 14.7 Å². The number of nitrogens with zero attached hydrogens (tertiary/aromatic N) is 1. The molecule has 1 N–H and O–H groups in total. The molecule has 0 aromatic heterocycles. The minimum absolute atomic E-state index is 0.182. The Balaban J connectivity index is 2.61. The van der Waals surface area contributed by atoms with Gasteiger partial charge in [-0.2, -0.15) is 0 Å². The lowest BCUT2D eigenvalue weighted by atomic mass is 9.92. The average molecular weight is 255 g/mol. The van der Waals surface area contributed by atoms with Crippen molar-refractivity contribution in [3.63, 3.8) is 0 Å². The van der Waals surface area contributed by atoms with E-state index < -0.39 is 12.0 Å². The van der Waals surface area contributed by atoms with Gasteiger partial charge < -0.3 is 20.1 Å². The molecule has 0 bridgehead atoms. The quantitative estimate of drug-likeness (QED) is 0.795. The summed E-state index contributed by atoms with van der Waals surface area (Å²) in [6, 6.07) is -1.22. The summed E-state index contributed by atoms with van der Waals surface area (Å²) in [5.41, 5.74) is 0. The van der Waals surface area contributed by atoms with Crippen LogP contribution < -0.4 is 10.4 Å². The van der Waals surface area contributed by atoms with Gasteiger partial charge in [0.1, 0.15) is 0 Å². The highest BCUT2D eigenvalue weighted by Gasteiger charge is 2.27. The predicted molar refractivity (Wildman–Crippen MR) is 66.7 cm³/mol. The number of nitrogens with one attached hydrogen (secondary N) is 1. The van der Waals surface area contributed by atoms with Crippen molar-refractivity contribution in [3.05, 3.63) is 0 Å². The highest BCUT2D eigenvalue weighted by molar-refractivity contribution is 5.81. The van der Waals surface area contributed by atoms with Crippen molar-refractivity contribution in [1.82, 2.24) is 10.2 Å². The third-order valence-corrected chi connectivity index (χ3v) is 3.36. The molecule has 1 fully saturated rings. The van der Waals surface area contributed by atoms with Gasteiger partial charge in [-0.25, -0.2) is 4.79 Å². The van der Waals surface area contributed by atoms with Crippen molar-refractivity contribution in [2.24, 2.45) is 17.8 Å². The number of carboxylic acids is 1. The first-order chi connectivity index (χ1) is 8.31. The van der Waals surface area contributed by atoms with E-state index in [0.717, 1.165) is 6.42 Å². The molecule has 2 amide bonds. The van der Waals surface area contributed by atoms with Gasteiger partial charge in [-0.15, -0.1) is 0 Å². The maximum Gasteiger partial charge on any atom is 0.317 e. The minimum Gasteiger partial charge on any atom is -0.548 e. The smallest absolute Gasteiger partial charge is 0.317 e. The fourth-order valence-electron chi connectivity index (χ4n) is 2.55. The molecule has 5 heteroatoms. The van der Waals surface area contributed by atoms with Gasteiger partial charge in [-0.1, -0.05) is 27.7 Å². The summed E-state index contributed by atoms with van der Waals surface area (Å²) in [5.74, 6) is -0.491. The van der Waals surface area contributed by atoms with Crippen LogP contribution in [0.4, 0.5) is 4.79 Å². The fourth-order valence-corrected chi connectivity index (χ4v) is 2.55. The van der Waals surface area contributed by atoms with E-state index in [2.05, 4.69) is 19.2 Å². The maximum absolute atomic E-state index is 12.0. The van der Waals surface area contributed by atoms with Crippen LogP contribution in [0.5, 0.6) is 0 Å². The van der Waals surface area contributed by atoms with Crippen LogP contribution in [0.1, 0.15) is 34.1 Å². The molecular formula is C13H23N2O3-. The van der Waals surface area contributed by atoms with E-state index in [1.54, 1.807) is 18.7 Å². The zero-order valence-electron chi connectivity index (χ0n) is 11.6. The van der Waals surface area contributed by atoms with Crippen LogP contribution in [0.2, 0.25) is 0 Å². The monoisotopic (exact) mass is 255 g/mol. The number of rotatable bonds is 3. The molecule has 5 nitrogen and oxygen atoms in total. The summed E-state index contributed by atoms with van der Waals surface area (Å²) in [6.07, 6.45) is 1.11. The molecule has 18 heavy (non-hydrogen) atoms. The lowest BCUT2D eigenvalue weighted by molar-refractivity contribution is -0.309. The summed E-state index contributed by atoms with van der Waals surface area (Å²) in [5, 5.41) is 13.5. The van der Waals surface area contributed by atoms with Gasteiger partial charge in [0.05, 0.1) is 12.0 Å². The molecule has 0 aromatic carbocycles. The van der Waals surface area contributed by atoms with E-state index >= 15 is 0 Å². The molecule has 0 spiro atoms. The molecule has 1 rings (SSSR count). The molecule has 1 heterocycles. The van der Waals surface area contributed by atoms with Crippen LogP contribution in [-0.4, -0.2) is 36.0 Å². The summed E-state index contributed by atoms with van der Waals surface area (Å²) in [6.45, 7) is 9.09. The Morgan fingerprint density at radius 3 is 2.11 bits per heavy atom. The standard InChI is InChI=1S/C13H24N2O3/c1-8(2)11(12(16)17)14-13(18)15-6-9(3)5-10(4)7-15/h8-11H,5-7H2,1-4H3,(H,14,18)(H,16,17)/p-1/t9-,10-,11+/m1/s1. The van der Waals surface area contributed by atoms with Crippen LogP contribution in [0.3, 0.4) is 0 Å². The number of aliphatic carboxylic acids is 1. The van der Waals surface area contributed by atoms with Crippen LogP contribution >= 0.6 is 0 Å². The van der Waals surface area contributed by atoms with Crippen LogP contribution in [-0.2, 0) is 4.79 Å². The third kappa shape index (κ3) is 3.89. The average Bonchev–Trinajstić information content (AvgIpc) is 2.23. The van der Waals surface area contributed by atoms with Gasteiger partial charge >= 0.3 is 6.03 Å². The first-order valence-electron chi connectivity index (χ1n) is 6.57. The van der Waals surface area contributed by atoms with Crippen LogP contribution in [0, 0.1) is 17.8 Å². The SMILES string of the molecule is CC(C)[C@H](NC(=O)N1C[C@H](C)C[C@@H](C)C1)C(=O)[O-]. The first-order valence-corrected chi connectivity index (χ1v) is 6.57. The zero-order chi connectivity index (χ0) is 13.9. The highest BCUT2D eigenvalue weighted by Crippen LogP contribution is 2.21. The Kier molecular flexibility index (Phi) is 4.99. The van der Waals surface area contributed by atoms with Gasteiger partial charge in [0, 0.05) is 13.1 Å². The highest BCUT2D eigenvalue weighted by atomic mass is 16.4. The maximum atomic E-state index is 12.0. The normalized spacial score (nSPS) is 25.9. The van der Waals surface area contributed by atoms with E-state index in [1.807, 2.05) is 0 Å². The Morgan fingerprint density at radius 2 is 1.72 bits per heavy atom. The number of amides is 2. The van der Waals surface area contributed by atoms with Crippen LogP contribution in [0.15, 0.2) is 0 Å². The first kappa shape index (κ1) is 14.8. The minimum atomic E-state index is -1.23. The largest absolute Gasteiger partial charge is 0.548 e. The van der Waals surface area contributed by atoms with Crippen molar-refractivity contribution in [3.8, 4) is 0 Å². The molecule has 0 aliphatic carbocycles. The van der Waals surface area contributed by atoms with Gasteiger partial charge in [0.2, 0.25) is 0 Å². The van der Waals surface area contributed by atoms with E-state index in [0.29, 0.717) is 24.9 Å². The van der Waals surface area contributed by atoms with E-state index in [4.69, 9.17) is 0 Å². The number of carbonyl (C=O) groups excluding carboxylic acids is 2. The zero-order valence-corrected chi connectivity index (χ0v) is 11.6. The molecule has 104 valence electrons. The van der Waals surface area contributed by atoms with Crippen molar-refractivity contribution in [2.45, 2.75) is 40.2 Å². The second-order valence-corrected chi connectivity index (χ2v) is 5.84. The molecule has 0 radical (unpaired) electrons. The van der Waals surface area contributed by atoms with Gasteiger partial charge in [-0.05, 0) is 24.2 Å². The van der Waals surface area contributed by atoms with Gasteiger partial charge in [0.25, 0.3) is 0 Å². The Hall–Kier alpha value is -1.26. The molecule has 0 unspecified atom stereocenters. The molecular weight excluding hydrogens is 232 g/mol. The predicted octanol–water partition coefficient (Wildman–Crippen LogP) is 0.448. The van der Waals surface area contributed by atoms with E-state index in [9.17, 15) is 14.7 Å². The van der Waals surface area contributed by atoms with Crippen molar-refractivity contribution >= 4 is 12.0 Å². The molecule has 1 aliphatic heterocycles. The summed E-state index contributed by atoms with van der Waals surface area (Å²) in [4.78, 5) is 24.7. The lowest BCUT2D eigenvalue weighted by Gasteiger charge is -2.36. The summed E-state index contributed by atoms with van der Waals surface area (Å²) in [7, 11) is 0. The number of carbonyl (C=O) groups is 2. The Morgan fingerprint density at radius 1 is 1.22 bits per heavy atom. The van der Waals surface area contributed by atoms with Crippen molar-refractivity contribution in [2.75, 3.05) is 13.1 Å². The molecule has 0 saturated carbocycles. The molecule has 3 atom stereocenters. The number of urea groups is 1.